The maximum atomic E-state index is 12.4. The second kappa shape index (κ2) is 10.5. The van der Waals surface area contributed by atoms with Crippen molar-refractivity contribution >= 4 is 17.0 Å². The molecule has 0 amide bonds. The number of nitrogens with two attached hydrogens (primary N) is 1. The summed E-state index contributed by atoms with van der Waals surface area (Å²) >= 11 is 0. The van der Waals surface area contributed by atoms with Gasteiger partial charge in [0.25, 0.3) is 0 Å². The molecule has 1 aliphatic rings. The van der Waals surface area contributed by atoms with Crippen LogP contribution in [0.2, 0.25) is 0 Å². The fourth-order valence-corrected chi connectivity index (χ4v) is 4.04. The minimum atomic E-state index is -0.194. The molecule has 0 atom stereocenters. The molecular formula is C22H39N7O2. The predicted molar refractivity (Wildman–Crippen MR) is 125 cm³/mol. The minimum Gasteiger partial charge on any atom is -0.463 e. The minimum absolute atomic E-state index is 0.194. The molecule has 3 rings (SSSR count). The predicted octanol–water partition coefficient (Wildman–Crippen LogP) is 2.47. The number of nitrogens with zero attached hydrogens (tertiary/aromatic N) is 5. The first-order chi connectivity index (χ1) is 14.8. The highest BCUT2D eigenvalue weighted by molar-refractivity contribution is 5.81. The summed E-state index contributed by atoms with van der Waals surface area (Å²) in [5, 5.41) is 0. The van der Waals surface area contributed by atoms with Crippen LogP contribution >= 0.6 is 0 Å². The van der Waals surface area contributed by atoms with Crippen molar-refractivity contribution in [2.24, 2.45) is 0 Å². The average Bonchev–Trinajstić information content (AvgIpc) is 3.04. The lowest BCUT2D eigenvalue weighted by molar-refractivity contribution is 0.0616. The van der Waals surface area contributed by atoms with Gasteiger partial charge in [-0.05, 0) is 46.6 Å². The number of hydrogen-bond donors (Lipinski definition) is 2. The van der Waals surface area contributed by atoms with E-state index in [-0.39, 0.29) is 23.1 Å². The maximum absolute atomic E-state index is 12.4. The molecule has 0 aromatic carbocycles. The summed E-state index contributed by atoms with van der Waals surface area (Å²) in [6.07, 6.45) is 5.07. The number of piperazine rings is 1. The van der Waals surface area contributed by atoms with E-state index in [0.29, 0.717) is 24.3 Å². The molecule has 1 saturated heterocycles. The Balaban J connectivity index is 1.48. The Kier molecular flexibility index (Phi) is 7.94. The summed E-state index contributed by atoms with van der Waals surface area (Å²) in [5.41, 5.74) is 7.10. The van der Waals surface area contributed by atoms with Gasteiger partial charge in [-0.15, -0.1) is 0 Å². The molecule has 0 radical (unpaired) electrons. The number of aryl methyl sites for hydroxylation is 1. The normalized spacial score (nSPS) is 16.3. The molecule has 0 bridgehead atoms. The Morgan fingerprint density at radius 3 is 2.42 bits per heavy atom. The smallest absolute Gasteiger partial charge is 0.327 e. The van der Waals surface area contributed by atoms with E-state index in [4.69, 9.17) is 10.5 Å². The van der Waals surface area contributed by atoms with Crippen LogP contribution < -0.4 is 16.2 Å². The van der Waals surface area contributed by atoms with Crippen molar-refractivity contribution in [3.8, 4) is 6.01 Å². The maximum Gasteiger partial charge on any atom is 0.327 e. The number of hydrogen-bond acceptors (Lipinski definition) is 7. The molecular weight excluding hydrogens is 394 g/mol. The van der Waals surface area contributed by atoms with Gasteiger partial charge in [0, 0.05) is 38.3 Å². The Labute approximate surface area is 185 Å². The monoisotopic (exact) mass is 433 g/mol. The van der Waals surface area contributed by atoms with Crippen LogP contribution in [0.3, 0.4) is 0 Å². The zero-order valence-electron chi connectivity index (χ0n) is 19.6. The van der Waals surface area contributed by atoms with Crippen LogP contribution in [-0.4, -0.2) is 74.2 Å². The summed E-state index contributed by atoms with van der Waals surface area (Å²) in [6, 6.07) is 0.237. The van der Waals surface area contributed by atoms with Gasteiger partial charge < -0.3 is 20.4 Å². The second-order valence-electron chi connectivity index (χ2n) is 9.43. The zero-order chi connectivity index (χ0) is 22.4. The molecule has 174 valence electrons. The van der Waals surface area contributed by atoms with E-state index >= 15 is 0 Å². The highest BCUT2D eigenvalue weighted by Gasteiger charge is 2.25. The number of nitrogen functional groups attached to an aromatic ring is 1. The van der Waals surface area contributed by atoms with Crippen LogP contribution in [0, 0.1) is 0 Å². The number of unbranched alkanes of at least 4 members (excludes halogenated alkanes) is 3. The molecule has 0 spiro atoms. The van der Waals surface area contributed by atoms with Crippen LogP contribution in [0.25, 0.3) is 11.2 Å². The Hall–Kier alpha value is -2.13. The average molecular weight is 434 g/mol. The van der Waals surface area contributed by atoms with E-state index < -0.39 is 0 Å². The molecule has 9 nitrogen and oxygen atoms in total. The van der Waals surface area contributed by atoms with E-state index in [2.05, 4.69) is 52.4 Å². The lowest BCUT2D eigenvalue weighted by atomic mass is 10.0. The Morgan fingerprint density at radius 2 is 1.74 bits per heavy atom. The molecule has 2 aromatic heterocycles. The molecule has 9 heteroatoms. The van der Waals surface area contributed by atoms with E-state index in [9.17, 15) is 4.79 Å². The standard InChI is InChI=1S/C22H39N7O2/c1-5-6-16-31-20-25-18(23)17-19(26-20)29(21(30)24-17)11-9-7-8-10-27-12-14-28(15-13-27)22(2,3)4/h5-16H2,1-4H3,(H,24,30)(H2,23,25,26). The summed E-state index contributed by atoms with van der Waals surface area (Å²) < 4.78 is 7.25. The largest absolute Gasteiger partial charge is 0.463 e. The number of imidazole rings is 1. The number of H-pyrrole nitrogens is 1. The van der Waals surface area contributed by atoms with Crippen molar-refractivity contribution < 1.29 is 4.74 Å². The zero-order valence-corrected chi connectivity index (χ0v) is 19.6. The molecule has 1 aliphatic heterocycles. The molecule has 0 unspecified atom stereocenters. The van der Waals surface area contributed by atoms with Crippen molar-refractivity contribution in [2.75, 3.05) is 45.1 Å². The molecule has 3 heterocycles. The summed E-state index contributed by atoms with van der Waals surface area (Å²) in [7, 11) is 0. The number of nitrogens with one attached hydrogen (secondary N) is 1. The van der Waals surface area contributed by atoms with Crippen LogP contribution in [0.15, 0.2) is 4.79 Å². The van der Waals surface area contributed by atoms with E-state index in [1.54, 1.807) is 4.57 Å². The van der Waals surface area contributed by atoms with Gasteiger partial charge in [0.05, 0.1) is 6.61 Å². The molecule has 2 aromatic rings. The number of aromatic amines is 1. The lowest BCUT2D eigenvalue weighted by Gasteiger charge is -2.42. The van der Waals surface area contributed by atoms with Crippen LogP contribution in [-0.2, 0) is 6.54 Å². The first-order valence-corrected chi connectivity index (χ1v) is 11.7. The van der Waals surface area contributed by atoms with Crippen molar-refractivity contribution in [1.29, 1.82) is 0 Å². The molecule has 3 N–H and O–H groups in total. The highest BCUT2D eigenvalue weighted by atomic mass is 16.5. The molecule has 0 aliphatic carbocycles. The Bertz CT molecular complexity index is 892. The van der Waals surface area contributed by atoms with Gasteiger partial charge in [0.1, 0.15) is 5.52 Å². The molecule has 0 saturated carbocycles. The fraction of sp³-hybridized carbons (Fsp3) is 0.773. The third-order valence-electron chi connectivity index (χ3n) is 6.04. The van der Waals surface area contributed by atoms with Gasteiger partial charge in [-0.25, -0.2) is 4.79 Å². The SMILES string of the molecule is CCCCOc1nc(N)c2[nH]c(=O)n(CCCCCN3CCN(C(C)(C)C)CC3)c2n1. The Morgan fingerprint density at radius 1 is 1.03 bits per heavy atom. The fourth-order valence-electron chi connectivity index (χ4n) is 4.04. The van der Waals surface area contributed by atoms with E-state index in [0.717, 1.165) is 64.8 Å². The molecule has 1 fully saturated rings. The summed E-state index contributed by atoms with van der Waals surface area (Å²) in [4.78, 5) is 28.9. The van der Waals surface area contributed by atoms with Crippen molar-refractivity contribution in [3.05, 3.63) is 10.5 Å². The van der Waals surface area contributed by atoms with Gasteiger partial charge in [-0.3, -0.25) is 9.47 Å². The summed E-state index contributed by atoms with van der Waals surface area (Å²) in [5.74, 6) is 0.252. The third kappa shape index (κ3) is 6.20. The second-order valence-corrected chi connectivity index (χ2v) is 9.43. The van der Waals surface area contributed by atoms with Crippen LogP contribution in [0.4, 0.5) is 5.82 Å². The van der Waals surface area contributed by atoms with E-state index in [1.807, 2.05) is 0 Å². The third-order valence-corrected chi connectivity index (χ3v) is 6.04. The summed E-state index contributed by atoms with van der Waals surface area (Å²) in [6.45, 7) is 15.8. The number of rotatable bonds is 10. The van der Waals surface area contributed by atoms with Crippen molar-refractivity contribution in [3.63, 3.8) is 0 Å². The van der Waals surface area contributed by atoms with Crippen LogP contribution in [0.1, 0.15) is 59.8 Å². The van der Waals surface area contributed by atoms with E-state index in [1.165, 1.54) is 0 Å². The number of fused-ring (bicyclic) bond motifs is 1. The number of ether oxygens (including phenoxy) is 1. The number of anilines is 1. The van der Waals surface area contributed by atoms with Gasteiger partial charge in [-0.1, -0.05) is 19.8 Å². The highest BCUT2D eigenvalue weighted by Crippen LogP contribution is 2.19. The molecule has 31 heavy (non-hydrogen) atoms. The van der Waals surface area contributed by atoms with Gasteiger partial charge >= 0.3 is 11.7 Å². The number of aromatic nitrogens is 4. The van der Waals surface area contributed by atoms with Crippen molar-refractivity contribution in [2.45, 2.75) is 71.9 Å². The lowest BCUT2D eigenvalue weighted by Crippen LogP contribution is -2.53. The first kappa shape index (κ1) is 23.5. The topological polar surface area (TPSA) is 105 Å². The van der Waals surface area contributed by atoms with Crippen molar-refractivity contribution in [1.82, 2.24) is 29.3 Å². The quantitative estimate of drug-likeness (QED) is 0.555. The van der Waals surface area contributed by atoms with Gasteiger partial charge in [-0.2, -0.15) is 9.97 Å². The van der Waals surface area contributed by atoms with Gasteiger partial charge in [0.15, 0.2) is 11.5 Å². The first-order valence-electron chi connectivity index (χ1n) is 11.7. The van der Waals surface area contributed by atoms with Crippen LogP contribution in [0.5, 0.6) is 6.01 Å². The van der Waals surface area contributed by atoms with Gasteiger partial charge in [0.2, 0.25) is 0 Å².